The normalized spacial score (nSPS) is 10.9. The van der Waals surface area contributed by atoms with Gasteiger partial charge in [-0.1, -0.05) is 103 Å². The van der Waals surface area contributed by atoms with Gasteiger partial charge in [0.1, 0.15) is 0 Å². The van der Waals surface area contributed by atoms with Crippen LogP contribution in [0.25, 0.3) is 0 Å². The molecule has 3 nitrogen and oxygen atoms in total. The lowest BCUT2D eigenvalue weighted by Gasteiger charge is -2.26. The number of hydrogen-bond donors (Lipinski definition) is 0. The second-order valence-corrected chi connectivity index (χ2v) is 9.10. The van der Waals surface area contributed by atoms with Crippen LogP contribution >= 0.6 is 0 Å². The first-order valence-corrected chi connectivity index (χ1v) is 12.6. The van der Waals surface area contributed by atoms with Crippen molar-refractivity contribution in [2.75, 3.05) is 9.91 Å². The summed E-state index contributed by atoms with van der Waals surface area (Å²) in [6.07, 6.45) is 1.96. The van der Waals surface area contributed by atoms with E-state index in [9.17, 15) is 0 Å². The number of nitrogens with zero attached hydrogens (tertiary/aromatic N) is 3. The molecule has 0 atom stereocenters. The number of anilines is 3. The fourth-order valence-corrected chi connectivity index (χ4v) is 4.39. The minimum absolute atomic E-state index is 0.846. The molecular weight excluding hydrogens is 450 g/mol. The molecule has 5 rings (SSSR count). The summed E-state index contributed by atoms with van der Waals surface area (Å²) in [4.78, 5) is 2.43. The van der Waals surface area contributed by atoms with Crippen LogP contribution in [-0.2, 0) is 13.1 Å². The average molecular weight is 482 g/mol. The van der Waals surface area contributed by atoms with E-state index < -0.39 is 0 Å². The van der Waals surface area contributed by atoms with Gasteiger partial charge in [-0.15, -0.1) is 0 Å². The minimum atomic E-state index is 0.846. The van der Waals surface area contributed by atoms with Gasteiger partial charge >= 0.3 is 0 Å². The fourth-order valence-electron chi connectivity index (χ4n) is 4.39. The summed E-state index contributed by atoms with van der Waals surface area (Å²) >= 11 is 0. The molecule has 0 aliphatic carbocycles. The number of aryl methyl sites for hydroxylation is 1. The standard InChI is InChI=1S/C34H31N3/c1-28-24-34(36(26-29-14-6-2-7-15-29)27-30-16-8-3-9-17-30)23-22-31(28)25-35-37(32-18-10-4-11-19-32)33-20-12-5-13-21-33/h2-25H,26-27H2,1H3/b35-25-. The summed E-state index contributed by atoms with van der Waals surface area (Å²) in [7, 11) is 0. The van der Waals surface area contributed by atoms with Gasteiger partial charge in [0.25, 0.3) is 0 Å². The van der Waals surface area contributed by atoms with Crippen molar-refractivity contribution >= 4 is 23.3 Å². The number of rotatable bonds is 9. The highest BCUT2D eigenvalue weighted by Crippen LogP contribution is 2.26. The van der Waals surface area contributed by atoms with Gasteiger partial charge in [0.05, 0.1) is 17.6 Å². The molecule has 0 N–H and O–H groups in total. The van der Waals surface area contributed by atoms with Crippen LogP contribution in [0.3, 0.4) is 0 Å². The van der Waals surface area contributed by atoms with E-state index in [4.69, 9.17) is 5.10 Å². The number of hydrogen-bond acceptors (Lipinski definition) is 3. The first-order valence-electron chi connectivity index (χ1n) is 12.6. The number of benzene rings is 5. The fraction of sp³-hybridized carbons (Fsp3) is 0.0882. The minimum Gasteiger partial charge on any atom is -0.363 e. The average Bonchev–Trinajstić information content (AvgIpc) is 2.96. The van der Waals surface area contributed by atoms with Crippen molar-refractivity contribution in [3.63, 3.8) is 0 Å². The molecule has 0 aliphatic heterocycles. The van der Waals surface area contributed by atoms with Crippen LogP contribution in [0.2, 0.25) is 0 Å². The first kappa shape index (κ1) is 24.1. The van der Waals surface area contributed by atoms with E-state index in [1.165, 1.54) is 22.4 Å². The van der Waals surface area contributed by atoms with E-state index in [0.29, 0.717) is 0 Å². The van der Waals surface area contributed by atoms with Gasteiger partial charge in [-0.05, 0) is 65.6 Å². The topological polar surface area (TPSA) is 18.8 Å². The van der Waals surface area contributed by atoms with Crippen molar-refractivity contribution in [1.29, 1.82) is 0 Å². The molecule has 0 unspecified atom stereocenters. The van der Waals surface area contributed by atoms with Crippen LogP contribution in [-0.4, -0.2) is 6.21 Å². The Kier molecular flexibility index (Phi) is 7.73. The van der Waals surface area contributed by atoms with Crippen molar-refractivity contribution in [2.24, 2.45) is 5.10 Å². The quantitative estimate of drug-likeness (QED) is 0.156. The zero-order chi connectivity index (χ0) is 25.3. The van der Waals surface area contributed by atoms with Crippen molar-refractivity contribution < 1.29 is 0 Å². The smallest absolute Gasteiger partial charge is 0.0652 e. The van der Waals surface area contributed by atoms with Crippen LogP contribution in [0, 0.1) is 6.92 Å². The van der Waals surface area contributed by atoms with Crippen LogP contribution in [0.4, 0.5) is 17.1 Å². The molecule has 0 heterocycles. The second-order valence-electron chi connectivity index (χ2n) is 9.10. The summed E-state index contributed by atoms with van der Waals surface area (Å²) in [5.41, 5.74) is 8.12. The Hall–Kier alpha value is -4.63. The van der Waals surface area contributed by atoms with Gasteiger partial charge in [0.2, 0.25) is 0 Å². The van der Waals surface area contributed by atoms with E-state index in [1.54, 1.807) is 0 Å². The van der Waals surface area contributed by atoms with E-state index in [2.05, 4.69) is 115 Å². The lowest BCUT2D eigenvalue weighted by atomic mass is 10.1. The van der Waals surface area contributed by atoms with Gasteiger partial charge in [0, 0.05) is 18.8 Å². The van der Waals surface area contributed by atoms with E-state index in [1.807, 2.05) is 47.6 Å². The van der Waals surface area contributed by atoms with Gasteiger partial charge < -0.3 is 4.90 Å². The molecular formula is C34H31N3. The van der Waals surface area contributed by atoms with E-state index in [-0.39, 0.29) is 0 Å². The van der Waals surface area contributed by atoms with E-state index >= 15 is 0 Å². The largest absolute Gasteiger partial charge is 0.363 e. The maximum Gasteiger partial charge on any atom is 0.0652 e. The highest BCUT2D eigenvalue weighted by molar-refractivity contribution is 5.84. The highest BCUT2D eigenvalue weighted by Gasteiger charge is 2.11. The number of hydrazone groups is 1. The van der Waals surface area contributed by atoms with Crippen molar-refractivity contribution in [3.8, 4) is 0 Å². The summed E-state index contributed by atoms with van der Waals surface area (Å²) in [5, 5.41) is 6.88. The van der Waals surface area contributed by atoms with Crippen molar-refractivity contribution in [3.05, 3.63) is 162 Å². The van der Waals surface area contributed by atoms with Crippen molar-refractivity contribution in [2.45, 2.75) is 20.0 Å². The zero-order valence-corrected chi connectivity index (χ0v) is 21.1. The molecule has 0 bridgehead atoms. The predicted molar refractivity (Wildman–Crippen MR) is 157 cm³/mol. The Labute approximate surface area is 220 Å². The third-order valence-electron chi connectivity index (χ3n) is 6.36. The monoisotopic (exact) mass is 481 g/mol. The lowest BCUT2D eigenvalue weighted by molar-refractivity contribution is 0.799. The van der Waals surface area contributed by atoms with Gasteiger partial charge in [-0.25, -0.2) is 5.01 Å². The SMILES string of the molecule is Cc1cc(N(Cc2ccccc2)Cc2ccccc2)ccc1/C=N\N(c1ccccc1)c1ccccc1. The molecule has 0 saturated heterocycles. The van der Waals surface area contributed by atoms with Crippen molar-refractivity contribution in [1.82, 2.24) is 0 Å². The maximum absolute atomic E-state index is 4.90. The Bertz CT molecular complexity index is 1330. The van der Waals surface area contributed by atoms with Gasteiger partial charge in [-0.2, -0.15) is 5.10 Å². The molecule has 0 amide bonds. The Morgan fingerprint density at radius 1 is 0.541 bits per heavy atom. The van der Waals surface area contributed by atoms with Crippen LogP contribution in [0.15, 0.2) is 145 Å². The molecule has 0 aliphatic rings. The second kappa shape index (κ2) is 11.9. The van der Waals surface area contributed by atoms with Gasteiger partial charge in [0.15, 0.2) is 0 Å². The Morgan fingerprint density at radius 3 is 1.46 bits per heavy atom. The Morgan fingerprint density at radius 2 is 1.00 bits per heavy atom. The third kappa shape index (κ3) is 6.33. The molecule has 5 aromatic rings. The zero-order valence-electron chi connectivity index (χ0n) is 21.1. The lowest BCUT2D eigenvalue weighted by Crippen LogP contribution is -2.22. The predicted octanol–water partition coefficient (Wildman–Crippen LogP) is 8.37. The molecule has 0 aromatic heterocycles. The van der Waals surface area contributed by atoms with Crippen LogP contribution < -0.4 is 9.91 Å². The summed E-state index contributed by atoms with van der Waals surface area (Å²) < 4.78 is 0. The molecule has 0 fully saturated rings. The molecule has 0 spiro atoms. The maximum atomic E-state index is 4.90. The van der Waals surface area contributed by atoms with E-state index in [0.717, 1.165) is 30.0 Å². The van der Waals surface area contributed by atoms with Crippen LogP contribution in [0.1, 0.15) is 22.3 Å². The Balaban J connectivity index is 1.42. The molecule has 3 heteroatoms. The summed E-state index contributed by atoms with van der Waals surface area (Å²) in [5.74, 6) is 0. The molecule has 0 radical (unpaired) electrons. The third-order valence-corrected chi connectivity index (χ3v) is 6.36. The molecule has 37 heavy (non-hydrogen) atoms. The highest BCUT2D eigenvalue weighted by atomic mass is 15.5. The molecule has 5 aromatic carbocycles. The first-order chi connectivity index (χ1) is 18.3. The van der Waals surface area contributed by atoms with Crippen LogP contribution in [0.5, 0.6) is 0 Å². The molecule has 0 saturated carbocycles. The number of para-hydroxylation sites is 2. The summed E-state index contributed by atoms with van der Waals surface area (Å²) in [6, 6.07) is 48.4. The molecule has 182 valence electrons. The summed E-state index contributed by atoms with van der Waals surface area (Å²) in [6.45, 7) is 3.85. The van der Waals surface area contributed by atoms with Gasteiger partial charge in [-0.3, -0.25) is 0 Å².